The zero-order chi connectivity index (χ0) is 19.7. The summed E-state index contributed by atoms with van der Waals surface area (Å²) in [5, 5.41) is 7.11. The van der Waals surface area contributed by atoms with Crippen LogP contribution in [-0.4, -0.2) is 72.1 Å². The maximum Gasteiger partial charge on any atom is 0.220 e. The van der Waals surface area contributed by atoms with Crippen molar-refractivity contribution < 1.29 is 4.79 Å². The van der Waals surface area contributed by atoms with Crippen LogP contribution in [0.5, 0.6) is 0 Å². The number of hydrogen-bond acceptors (Lipinski definition) is 4. The van der Waals surface area contributed by atoms with Crippen molar-refractivity contribution in [3.8, 4) is 0 Å². The van der Waals surface area contributed by atoms with Crippen molar-refractivity contribution in [1.29, 1.82) is 0 Å². The van der Waals surface area contributed by atoms with Crippen molar-refractivity contribution in [3.63, 3.8) is 0 Å². The summed E-state index contributed by atoms with van der Waals surface area (Å²) in [7, 11) is 2.22. The number of nitrogens with one attached hydrogen (secondary N) is 2. The van der Waals surface area contributed by atoms with Gasteiger partial charge in [0.2, 0.25) is 5.91 Å². The summed E-state index contributed by atoms with van der Waals surface area (Å²) in [5.41, 5.74) is 0.227. The molecule has 156 valence electrons. The maximum atomic E-state index is 12.8. The van der Waals surface area contributed by atoms with E-state index in [1.165, 1.54) is 38.9 Å². The minimum Gasteiger partial charge on any atom is -0.352 e. The molecule has 2 N–H and O–H groups in total. The number of carbonyl (C=O) groups is 1. The molecule has 3 fully saturated rings. The smallest absolute Gasteiger partial charge is 0.220 e. The van der Waals surface area contributed by atoms with Gasteiger partial charge in [-0.15, -0.1) is 0 Å². The summed E-state index contributed by atoms with van der Waals surface area (Å²) >= 11 is 0. The van der Waals surface area contributed by atoms with E-state index >= 15 is 0 Å². The van der Waals surface area contributed by atoms with Crippen LogP contribution in [0.2, 0.25) is 0 Å². The average molecular weight is 379 g/mol. The molecular weight excluding hydrogens is 336 g/mol. The van der Waals surface area contributed by atoms with Crippen LogP contribution < -0.4 is 10.6 Å². The minimum absolute atomic E-state index is 0.114. The molecule has 0 spiro atoms. The molecule has 0 aromatic carbocycles. The molecule has 0 saturated carbocycles. The van der Waals surface area contributed by atoms with E-state index in [1.54, 1.807) is 0 Å². The van der Waals surface area contributed by atoms with Crippen LogP contribution in [0.25, 0.3) is 0 Å². The van der Waals surface area contributed by atoms with Crippen LogP contribution in [-0.2, 0) is 4.79 Å². The van der Waals surface area contributed by atoms with Gasteiger partial charge in [0, 0.05) is 36.1 Å². The Kier molecular flexibility index (Phi) is 6.54. The first-order valence-electron chi connectivity index (χ1n) is 11.1. The molecule has 0 aromatic rings. The summed E-state index contributed by atoms with van der Waals surface area (Å²) in [4.78, 5) is 17.9. The second-order valence-electron chi connectivity index (χ2n) is 10.8. The largest absolute Gasteiger partial charge is 0.352 e. The number of amides is 1. The molecule has 5 nitrogen and oxygen atoms in total. The summed E-state index contributed by atoms with van der Waals surface area (Å²) in [6.07, 6.45) is 7.74. The summed E-state index contributed by atoms with van der Waals surface area (Å²) in [6, 6.07) is 1.06. The van der Waals surface area contributed by atoms with Crippen molar-refractivity contribution in [1.82, 2.24) is 20.4 Å². The Hall–Kier alpha value is -0.650. The average Bonchev–Trinajstić information content (AvgIpc) is 2.52. The van der Waals surface area contributed by atoms with Gasteiger partial charge in [-0.25, -0.2) is 0 Å². The Morgan fingerprint density at radius 2 is 1.67 bits per heavy atom. The Labute approximate surface area is 166 Å². The third-order valence-electron chi connectivity index (χ3n) is 6.77. The van der Waals surface area contributed by atoms with Crippen LogP contribution in [0.1, 0.15) is 72.6 Å². The van der Waals surface area contributed by atoms with E-state index < -0.39 is 0 Å². The van der Waals surface area contributed by atoms with Gasteiger partial charge in [0.1, 0.15) is 0 Å². The van der Waals surface area contributed by atoms with Gasteiger partial charge in [0.15, 0.2) is 0 Å². The molecule has 1 amide bonds. The first kappa shape index (κ1) is 21.1. The highest BCUT2D eigenvalue weighted by atomic mass is 16.1. The van der Waals surface area contributed by atoms with Gasteiger partial charge < -0.3 is 15.5 Å². The highest BCUT2D eigenvalue weighted by Gasteiger charge is 2.38. The van der Waals surface area contributed by atoms with Crippen molar-refractivity contribution in [2.24, 2.45) is 5.92 Å². The van der Waals surface area contributed by atoms with Gasteiger partial charge in [0.25, 0.3) is 0 Å². The first-order chi connectivity index (χ1) is 12.6. The fourth-order valence-corrected chi connectivity index (χ4v) is 6.04. The summed E-state index contributed by atoms with van der Waals surface area (Å²) in [6.45, 7) is 13.7. The molecule has 3 aliphatic rings. The fourth-order valence-electron chi connectivity index (χ4n) is 6.04. The number of rotatable bonds is 4. The molecule has 5 heteroatoms. The molecule has 0 radical (unpaired) electrons. The molecule has 3 aliphatic heterocycles. The van der Waals surface area contributed by atoms with Crippen LogP contribution in [0.4, 0.5) is 0 Å². The monoisotopic (exact) mass is 378 g/mol. The number of carbonyl (C=O) groups excluding carboxylic acids is 1. The fraction of sp³-hybridized carbons (Fsp3) is 0.955. The Morgan fingerprint density at radius 1 is 1.04 bits per heavy atom. The van der Waals surface area contributed by atoms with E-state index in [9.17, 15) is 4.79 Å². The highest BCUT2D eigenvalue weighted by Crippen LogP contribution is 2.34. The molecule has 0 bridgehead atoms. The minimum atomic E-state index is 0.114. The third kappa shape index (κ3) is 6.16. The van der Waals surface area contributed by atoms with Crippen LogP contribution >= 0.6 is 0 Å². The first-order valence-corrected chi connectivity index (χ1v) is 11.1. The van der Waals surface area contributed by atoms with E-state index in [-0.39, 0.29) is 17.0 Å². The normalized spacial score (nSPS) is 30.9. The zero-order valence-corrected chi connectivity index (χ0v) is 18.3. The number of nitrogens with zero attached hydrogens (tertiary/aromatic N) is 2. The van der Waals surface area contributed by atoms with Gasteiger partial charge in [-0.05, 0) is 98.8 Å². The standard InChI is InChI=1S/C22H42N4O/c1-21(2)14-17(15-22(3,4)24-21)13-20(27)23-18-7-6-10-26(16-18)19-8-11-25(5)12-9-19/h17-19,24H,6-16H2,1-5H3,(H,23,27). The second kappa shape index (κ2) is 8.38. The molecule has 0 aromatic heterocycles. The van der Waals surface area contributed by atoms with Crippen molar-refractivity contribution in [2.45, 2.75) is 95.8 Å². The van der Waals surface area contributed by atoms with Crippen LogP contribution in [0, 0.1) is 5.92 Å². The van der Waals surface area contributed by atoms with E-state index in [1.807, 2.05) is 0 Å². The Morgan fingerprint density at radius 3 is 2.30 bits per heavy atom. The topological polar surface area (TPSA) is 47.6 Å². The summed E-state index contributed by atoms with van der Waals surface area (Å²) < 4.78 is 0. The lowest BCUT2D eigenvalue weighted by molar-refractivity contribution is -0.123. The lowest BCUT2D eigenvalue weighted by Gasteiger charge is -2.46. The predicted molar refractivity (Wildman–Crippen MR) is 112 cm³/mol. The highest BCUT2D eigenvalue weighted by molar-refractivity contribution is 5.76. The second-order valence-corrected chi connectivity index (χ2v) is 10.8. The molecule has 1 atom stereocenters. The SMILES string of the molecule is CN1CCC(N2CCCC(NC(=O)CC3CC(C)(C)NC(C)(C)C3)C2)CC1. The quantitative estimate of drug-likeness (QED) is 0.789. The lowest BCUT2D eigenvalue weighted by Crippen LogP contribution is -2.58. The van der Waals surface area contributed by atoms with Gasteiger partial charge in [-0.1, -0.05) is 0 Å². The van der Waals surface area contributed by atoms with E-state index in [0.717, 1.165) is 25.8 Å². The molecule has 27 heavy (non-hydrogen) atoms. The van der Waals surface area contributed by atoms with Crippen LogP contribution in [0.3, 0.4) is 0 Å². The van der Waals surface area contributed by atoms with E-state index in [2.05, 4.69) is 55.2 Å². The zero-order valence-electron chi connectivity index (χ0n) is 18.3. The molecule has 3 rings (SSSR count). The van der Waals surface area contributed by atoms with E-state index in [0.29, 0.717) is 24.4 Å². The van der Waals surface area contributed by atoms with Crippen molar-refractivity contribution in [2.75, 3.05) is 33.2 Å². The number of piperidine rings is 3. The molecule has 3 saturated heterocycles. The molecule has 0 aliphatic carbocycles. The Bertz CT molecular complexity index is 494. The summed E-state index contributed by atoms with van der Waals surface area (Å²) in [5.74, 6) is 0.744. The van der Waals surface area contributed by atoms with Gasteiger partial charge in [0.05, 0.1) is 0 Å². The third-order valence-corrected chi connectivity index (χ3v) is 6.77. The molecule has 1 unspecified atom stereocenters. The molecular formula is C22H42N4O. The number of hydrogen-bond donors (Lipinski definition) is 2. The van der Waals surface area contributed by atoms with Crippen LogP contribution in [0.15, 0.2) is 0 Å². The van der Waals surface area contributed by atoms with Gasteiger partial charge in [-0.3, -0.25) is 9.69 Å². The van der Waals surface area contributed by atoms with Crippen molar-refractivity contribution >= 4 is 5.91 Å². The number of likely N-dealkylation sites (tertiary alicyclic amines) is 2. The van der Waals surface area contributed by atoms with Gasteiger partial charge in [-0.2, -0.15) is 0 Å². The maximum absolute atomic E-state index is 12.8. The lowest BCUT2D eigenvalue weighted by atomic mass is 9.74. The predicted octanol–water partition coefficient (Wildman–Crippen LogP) is 2.61. The van der Waals surface area contributed by atoms with Gasteiger partial charge >= 0.3 is 0 Å². The van der Waals surface area contributed by atoms with E-state index in [4.69, 9.17) is 0 Å². The van der Waals surface area contributed by atoms with Crippen molar-refractivity contribution in [3.05, 3.63) is 0 Å². The molecule has 3 heterocycles. The Balaban J connectivity index is 1.47.